The Bertz CT molecular complexity index is 746. The molecule has 3 N–H and O–H groups in total. The average molecular weight is 448 g/mol. The number of nitrogens with one attached hydrogen (secondary N) is 1. The van der Waals surface area contributed by atoms with Gasteiger partial charge in [0.05, 0.1) is 36.6 Å². The van der Waals surface area contributed by atoms with E-state index < -0.39 is 5.60 Å². The van der Waals surface area contributed by atoms with Crippen molar-refractivity contribution in [3.63, 3.8) is 0 Å². The van der Waals surface area contributed by atoms with Gasteiger partial charge in [-0.15, -0.1) is 11.3 Å². The molecule has 1 fully saturated rings. The Kier molecular flexibility index (Phi) is 4.59. The molecule has 1 aliphatic rings. The molecule has 1 aromatic carbocycles. The minimum atomic E-state index is -1.21. The van der Waals surface area contributed by atoms with Crippen LogP contribution in [0.3, 0.4) is 0 Å². The minimum Gasteiger partial charge on any atom is -0.393 e. The average Bonchev–Trinajstić information content (AvgIpc) is 2.94. The summed E-state index contributed by atoms with van der Waals surface area (Å²) in [7, 11) is 0. The smallest absolute Gasteiger partial charge is 0.257 e. The maximum atomic E-state index is 13.9. The zero-order valence-corrected chi connectivity index (χ0v) is 14.9. The van der Waals surface area contributed by atoms with Crippen LogP contribution < -0.4 is 5.32 Å². The Hall–Kier alpha value is -1.23. The second kappa shape index (κ2) is 6.34. The maximum Gasteiger partial charge on any atom is 0.257 e. The van der Waals surface area contributed by atoms with Crippen LogP contribution in [0.15, 0.2) is 29.0 Å². The zero-order valence-electron chi connectivity index (χ0n) is 11.9. The van der Waals surface area contributed by atoms with E-state index in [-0.39, 0.29) is 31.4 Å². The molecule has 1 amide bonds. The lowest BCUT2D eigenvalue weighted by atomic mass is 9.94. The monoisotopic (exact) mass is 448 g/mol. The van der Waals surface area contributed by atoms with Gasteiger partial charge in [-0.25, -0.2) is 4.39 Å². The van der Waals surface area contributed by atoms with Gasteiger partial charge in [-0.1, -0.05) is 0 Å². The number of β-amino-alcohol motifs (C(OH)–C–C–N with tert-alkyl or cyclic N) is 1. The van der Waals surface area contributed by atoms with E-state index in [1.54, 1.807) is 22.9 Å². The fraction of sp³-hybridized carbons (Fsp3) is 0.267. The van der Waals surface area contributed by atoms with E-state index in [4.69, 9.17) is 5.11 Å². The van der Waals surface area contributed by atoms with Crippen LogP contribution in [0.5, 0.6) is 0 Å². The van der Waals surface area contributed by atoms with Gasteiger partial charge in [-0.3, -0.25) is 4.79 Å². The summed E-state index contributed by atoms with van der Waals surface area (Å²) in [4.78, 5) is 13.9. The topological polar surface area (TPSA) is 72.8 Å². The predicted octanol–water partition coefficient (Wildman–Crippen LogP) is 2.41. The van der Waals surface area contributed by atoms with Crippen molar-refractivity contribution in [2.45, 2.75) is 5.60 Å². The van der Waals surface area contributed by atoms with E-state index >= 15 is 0 Å². The molecule has 0 unspecified atom stereocenters. The summed E-state index contributed by atoms with van der Waals surface area (Å²) in [5.74, 6) is -0.641. The summed E-state index contributed by atoms with van der Waals surface area (Å²) < 4.78 is 14.7. The number of carbonyl (C=O) groups is 1. The number of carbonyl (C=O) groups excluding carboxylic acids is 1. The fourth-order valence-corrected chi connectivity index (χ4v) is 3.58. The summed E-state index contributed by atoms with van der Waals surface area (Å²) in [6, 6.07) is 4.81. The third-order valence-corrected chi connectivity index (χ3v) is 5.06. The second-order valence-electron chi connectivity index (χ2n) is 5.49. The molecular formula is C15H14FIN2O3S. The number of nitrogens with zero attached hydrogens (tertiary/aromatic N) is 1. The molecule has 23 heavy (non-hydrogen) atoms. The molecule has 8 heteroatoms. The third-order valence-electron chi connectivity index (χ3n) is 3.64. The highest BCUT2D eigenvalue weighted by atomic mass is 127. The number of aliphatic hydroxyl groups is 2. The summed E-state index contributed by atoms with van der Waals surface area (Å²) >= 11 is 3.36. The van der Waals surface area contributed by atoms with Crippen LogP contribution in [0.2, 0.25) is 0 Å². The van der Waals surface area contributed by atoms with Crippen LogP contribution in [-0.4, -0.2) is 46.3 Å². The van der Waals surface area contributed by atoms with E-state index in [2.05, 4.69) is 5.32 Å². The van der Waals surface area contributed by atoms with Crippen molar-refractivity contribution in [3.05, 3.63) is 43.9 Å². The van der Waals surface area contributed by atoms with E-state index in [9.17, 15) is 14.3 Å². The molecule has 2 aromatic rings. The number of thiophene rings is 1. The summed E-state index contributed by atoms with van der Waals surface area (Å²) in [6.45, 7) is -0.190. The maximum absolute atomic E-state index is 13.9. The van der Waals surface area contributed by atoms with Gasteiger partial charge in [0.25, 0.3) is 5.91 Å². The van der Waals surface area contributed by atoms with Crippen molar-refractivity contribution in [2.75, 3.05) is 25.0 Å². The van der Waals surface area contributed by atoms with Crippen LogP contribution in [-0.2, 0) is 0 Å². The number of anilines is 2. The van der Waals surface area contributed by atoms with Crippen molar-refractivity contribution >= 4 is 51.2 Å². The normalized spacial score (nSPS) is 16.1. The van der Waals surface area contributed by atoms with Gasteiger partial charge in [0, 0.05) is 14.3 Å². The highest BCUT2D eigenvalue weighted by molar-refractivity contribution is 14.1. The molecule has 5 nitrogen and oxygen atoms in total. The Morgan fingerprint density at radius 1 is 1.39 bits per heavy atom. The molecule has 0 spiro atoms. The molecule has 0 atom stereocenters. The molecular weight excluding hydrogens is 434 g/mol. The molecule has 0 bridgehead atoms. The minimum absolute atomic E-state index is 0.0928. The molecule has 1 aromatic heterocycles. The van der Waals surface area contributed by atoms with Crippen LogP contribution >= 0.6 is 33.9 Å². The van der Waals surface area contributed by atoms with Gasteiger partial charge in [-0.2, -0.15) is 0 Å². The molecule has 2 heterocycles. The number of benzene rings is 1. The molecule has 1 aliphatic heterocycles. The van der Waals surface area contributed by atoms with Gasteiger partial charge in [0.1, 0.15) is 11.4 Å². The quantitative estimate of drug-likeness (QED) is 0.629. The fourth-order valence-electron chi connectivity index (χ4n) is 2.37. The highest BCUT2D eigenvalue weighted by Crippen LogP contribution is 2.30. The lowest BCUT2D eigenvalue weighted by molar-refractivity contribution is -0.109. The Morgan fingerprint density at radius 3 is 2.78 bits per heavy atom. The SMILES string of the molecule is O=C(c1cscc1Nc1ccc(I)cc1F)N1CC(O)(CO)C1. The lowest BCUT2D eigenvalue weighted by Gasteiger charge is -2.45. The van der Waals surface area contributed by atoms with Crippen LogP contribution in [0.25, 0.3) is 0 Å². The van der Waals surface area contributed by atoms with E-state index in [1.807, 2.05) is 22.6 Å². The number of amides is 1. The van der Waals surface area contributed by atoms with Crippen molar-refractivity contribution in [2.24, 2.45) is 0 Å². The molecule has 0 saturated carbocycles. The molecule has 122 valence electrons. The van der Waals surface area contributed by atoms with Gasteiger partial charge in [-0.05, 0) is 40.8 Å². The predicted molar refractivity (Wildman–Crippen MR) is 94.7 cm³/mol. The van der Waals surface area contributed by atoms with Crippen LogP contribution in [0.4, 0.5) is 15.8 Å². The van der Waals surface area contributed by atoms with Gasteiger partial charge in [0.2, 0.25) is 0 Å². The van der Waals surface area contributed by atoms with E-state index in [0.29, 0.717) is 16.9 Å². The number of likely N-dealkylation sites (tertiary alicyclic amines) is 1. The van der Waals surface area contributed by atoms with Crippen molar-refractivity contribution in [1.82, 2.24) is 4.90 Å². The standard InChI is InChI=1S/C15H14FIN2O3S/c16-11-3-9(17)1-2-12(11)18-13-5-23-4-10(13)14(21)19-6-15(22,7-19)8-20/h1-5,18,20,22H,6-8H2. The Balaban J connectivity index is 1.76. The van der Waals surface area contributed by atoms with Crippen molar-refractivity contribution in [1.29, 1.82) is 0 Å². The van der Waals surface area contributed by atoms with Crippen molar-refractivity contribution in [3.8, 4) is 0 Å². The first-order chi connectivity index (χ1) is 10.9. The second-order valence-corrected chi connectivity index (χ2v) is 7.48. The van der Waals surface area contributed by atoms with Crippen molar-refractivity contribution < 1.29 is 19.4 Å². The Morgan fingerprint density at radius 2 is 2.13 bits per heavy atom. The third kappa shape index (κ3) is 3.35. The number of hydrogen-bond donors (Lipinski definition) is 3. The molecule has 0 aliphatic carbocycles. The number of aliphatic hydroxyl groups excluding tert-OH is 1. The van der Waals surface area contributed by atoms with Gasteiger partial charge >= 0.3 is 0 Å². The number of halogens is 2. The Labute approximate surface area is 149 Å². The summed E-state index contributed by atoms with van der Waals surface area (Å²) in [6.07, 6.45) is 0. The lowest BCUT2D eigenvalue weighted by Crippen LogP contribution is -2.65. The molecule has 0 radical (unpaired) electrons. The van der Waals surface area contributed by atoms with E-state index in [0.717, 1.165) is 3.57 Å². The first kappa shape index (κ1) is 16.6. The van der Waals surface area contributed by atoms with Gasteiger partial charge < -0.3 is 20.4 Å². The molecule has 1 saturated heterocycles. The summed E-state index contributed by atoms with van der Waals surface area (Å²) in [5, 5.41) is 25.2. The van der Waals surface area contributed by atoms with Crippen LogP contribution in [0.1, 0.15) is 10.4 Å². The first-order valence-corrected chi connectivity index (χ1v) is 8.85. The van der Waals surface area contributed by atoms with Crippen LogP contribution in [0, 0.1) is 9.39 Å². The molecule has 3 rings (SSSR count). The summed E-state index contributed by atoms with van der Waals surface area (Å²) in [5.41, 5.74) is 0.0439. The number of rotatable bonds is 4. The van der Waals surface area contributed by atoms with E-state index in [1.165, 1.54) is 22.3 Å². The zero-order chi connectivity index (χ0) is 16.6. The first-order valence-electron chi connectivity index (χ1n) is 6.83. The van der Waals surface area contributed by atoms with Gasteiger partial charge in [0.15, 0.2) is 0 Å². The largest absolute Gasteiger partial charge is 0.393 e. The highest BCUT2D eigenvalue weighted by Gasteiger charge is 2.43. The number of hydrogen-bond acceptors (Lipinski definition) is 5.